The average Bonchev–Trinajstić information content (AvgIpc) is 2.77. The van der Waals surface area contributed by atoms with Gasteiger partial charge in [0.1, 0.15) is 5.25 Å². The first-order valence-corrected chi connectivity index (χ1v) is 6.59. The first kappa shape index (κ1) is 17.1. The molecule has 0 aromatic carbocycles. The van der Waals surface area contributed by atoms with Crippen molar-refractivity contribution in [1.82, 2.24) is 0 Å². The molecule has 1 fully saturated rings. The van der Waals surface area contributed by atoms with E-state index in [-0.39, 0.29) is 23.0 Å². The summed E-state index contributed by atoms with van der Waals surface area (Å²) in [6.45, 7) is 0. The van der Waals surface area contributed by atoms with Crippen LogP contribution in [0.3, 0.4) is 0 Å². The molecule has 9 heteroatoms. The van der Waals surface area contributed by atoms with Crippen molar-refractivity contribution >= 4 is 23.6 Å². The van der Waals surface area contributed by atoms with Crippen LogP contribution < -0.4 is 5.73 Å². The molecule has 3 atom stereocenters. The highest BCUT2D eigenvalue weighted by molar-refractivity contribution is 8.04. The van der Waals surface area contributed by atoms with E-state index in [2.05, 4.69) is 6.07 Å². The second-order valence-corrected chi connectivity index (χ2v) is 5.45. The number of fused-ring (bicyclic) bond motifs is 1. The van der Waals surface area contributed by atoms with Crippen molar-refractivity contribution < 1.29 is 27.9 Å². The maximum atomic E-state index is 11.1. The molecule has 0 aromatic rings. The highest BCUT2D eigenvalue weighted by Crippen LogP contribution is 2.48. The molecule has 1 heterocycles. The Hall–Kier alpha value is -1.95. The minimum absolute atomic E-state index is 0.187. The summed E-state index contributed by atoms with van der Waals surface area (Å²) in [4.78, 5) is 21.1. The molecule has 1 saturated heterocycles. The molecule has 3 unspecified atom stereocenters. The molecule has 0 spiro atoms. The third-order valence-electron chi connectivity index (χ3n) is 2.85. The number of rotatable bonds is 1. The Morgan fingerprint density at radius 3 is 2.48 bits per heavy atom. The van der Waals surface area contributed by atoms with Crippen LogP contribution in [-0.4, -0.2) is 28.4 Å². The number of nitrogens with zero attached hydrogens (tertiary/aromatic N) is 1. The number of carbonyl (C=O) groups excluding carboxylic acids is 1. The summed E-state index contributed by atoms with van der Waals surface area (Å²) in [6.07, 6.45) is 1.74. The Kier molecular flexibility index (Phi) is 5.43. The summed E-state index contributed by atoms with van der Waals surface area (Å²) >= 11 is 1.45. The minimum Gasteiger partial charge on any atom is -0.475 e. The zero-order valence-corrected chi connectivity index (χ0v) is 11.3. The largest absolute Gasteiger partial charge is 0.490 e. The van der Waals surface area contributed by atoms with E-state index in [0.29, 0.717) is 0 Å². The predicted octanol–water partition coefficient (Wildman–Crippen LogP) is 1.82. The van der Waals surface area contributed by atoms with E-state index in [0.717, 1.165) is 11.3 Å². The number of halogens is 3. The average molecular weight is 320 g/mol. The van der Waals surface area contributed by atoms with E-state index in [4.69, 9.17) is 20.9 Å². The Bertz CT molecular complexity index is 535. The number of amides is 1. The molecule has 3 N–H and O–H groups in total. The molecule has 2 aliphatic rings. The number of nitriles is 1. The van der Waals surface area contributed by atoms with Gasteiger partial charge < -0.3 is 10.8 Å². The number of allylic oxidation sites excluding steroid dienone is 4. The van der Waals surface area contributed by atoms with Gasteiger partial charge in [0.15, 0.2) is 0 Å². The van der Waals surface area contributed by atoms with Gasteiger partial charge in [0.25, 0.3) is 0 Å². The number of aliphatic carboxylic acids is 1. The van der Waals surface area contributed by atoms with Gasteiger partial charge in [-0.1, -0.05) is 18.2 Å². The smallest absolute Gasteiger partial charge is 0.475 e. The molecule has 0 radical (unpaired) electrons. The van der Waals surface area contributed by atoms with Crippen molar-refractivity contribution in [2.45, 2.75) is 17.8 Å². The van der Waals surface area contributed by atoms with Gasteiger partial charge >= 0.3 is 12.1 Å². The Balaban J connectivity index is 0.000000270. The molecule has 1 amide bonds. The monoisotopic (exact) mass is 320 g/mol. The third-order valence-corrected chi connectivity index (χ3v) is 4.34. The summed E-state index contributed by atoms with van der Waals surface area (Å²) in [7, 11) is 0. The Morgan fingerprint density at radius 2 is 2.05 bits per heavy atom. The van der Waals surface area contributed by atoms with Crippen LogP contribution in [0.15, 0.2) is 23.1 Å². The van der Waals surface area contributed by atoms with E-state index in [1.165, 1.54) is 11.8 Å². The van der Waals surface area contributed by atoms with Crippen LogP contribution in [0.25, 0.3) is 0 Å². The van der Waals surface area contributed by atoms with Crippen molar-refractivity contribution in [3.8, 4) is 6.07 Å². The summed E-state index contributed by atoms with van der Waals surface area (Å²) < 4.78 is 31.7. The summed E-state index contributed by atoms with van der Waals surface area (Å²) in [5.74, 6) is -3.20. The van der Waals surface area contributed by atoms with Gasteiger partial charge in [-0.3, -0.25) is 4.79 Å². The molecular weight excluding hydrogens is 309 g/mol. The number of alkyl halides is 3. The van der Waals surface area contributed by atoms with E-state index in [1.54, 1.807) is 0 Å². The van der Waals surface area contributed by atoms with Gasteiger partial charge in [-0.05, 0) is 11.3 Å². The number of carboxylic acid groups (broad SMARTS) is 1. The molecule has 1 aliphatic carbocycles. The maximum absolute atomic E-state index is 11.1. The Morgan fingerprint density at radius 1 is 1.48 bits per heavy atom. The van der Waals surface area contributed by atoms with Crippen molar-refractivity contribution in [3.05, 3.63) is 23.1 Å². The molecule has 0 aromatic heterocycles. The number of thioether (sulfide) groups is 1. The second kappa shape index (κ2) is 6.67. The second-order valence-electron chi connectivity index (χ2n) is 4.24. The van der Waals surface area contributed by atoms with Gasteiger partial charge in [0.2, 0.25) is 5.91 Å². The molecule has 21 heavy (non-hydrogen) atoms. The van der Waals surface area contributed by atoms with Crippen LogP contribution in [0.5, 0.6) is 0 Å². The number of primary amides is 1. The molecule has 2 rings (SSSR count). The summed E-state index contributed by atoms with van der Waals surface area (Å²) in [5, 5.41) is 15.8. The zero-order valence-electron chi connectivity index (χ0n) is 10.5. The van der Waals surface area contributed by atoms with Crippen LogP contribution in [0.2, 0.25) is 0 Å². The quantitative estimate of drug-likeness (QED) is 0.767. The Labute approximate surface area is 122 Å². The molecule has 0 saturated carbocycles. The number of carbonyl (C=O) groups is 2. The van der Waals surface area contributed by atoms with Gasteiger partial charge in [-0.15, -0.1) is 11.8 Å². The van der Waals surface area contributed by atoms with Crippen LogP contribution in [0.1, 0.15) is 6.42 Å². The highest BCUT2D eigenvalue weighted by atomic mass is 32.2. The van der Waals surface area contributed by atoms with Crippen molar-refractivity contribution in [3.63, 3.8) is 0 Å². The van der Waals surface area contributed by atoms with Crippen LogP contribution in [0.4, 0.5) is 13.2 Å². The lowest BCUT2D eigenvalue weighted by atomic mass is 9.86. The molecule has 114 valence electrons. The topological polar surface area (TPSA) is 104 Å². The van der Waals surface area contributed by atoms with Crippen molar-refractivity contribution in [2.24, 2.45) is 17.6 Å². The normalized spacial score (nSPS) is 26.8. The number of hydrogen-bond acceptors (Lipinski definition) is 4. The zero-order chi connectivity index (χ0) is 16.2. The number of carboxylic acids is 1. The fraction of sp³-hybridized carbons (Fsp3) is 0.417. The summed E-state index contributed by atoms with van der Waals surface area (Å²) in [6, 6.07) is 2.20. The van der Waals surface area contributed by atoms with Crippen molar-refractivity contribution in [1.29, 1.82) is 5.26 Å². The van der Waals surface area contributed by atoms with E-state index < -0.39 is 12.1 Å². The highest BCUT2D eigenvalue weighted by Gasteiger charge is 2.43. The molecule has 0 bridgehead atoms. The first-order valence-electron chi connectivity index (χ1n) is 5.71. The van der Waals surface area contributed by atoms with Gasteiger partial charge in [-0.25, -0.2) is 4.79 Å². The van der Waals surface area contributed by atoms with E-state index in [9.17, 15) is 18.0 Å². The molecule has 1 aliphatic heterocycles. The maximum Gasteiger partial charge on any atom is 0.490 e. The van der Waals surface area contributed by atoms with E-state index >= 15 is 0 Å². The van der Waals surface area contributed by atoms with Crippen LogP contribution >= 0.6 is 11.8 Å². The van der Waals surface area contributed by atoms with Crippen LogP contribution in [-0.2, 0) is 9.59 Å². The molecular formula is C12H11F3N2O3S. The fourth-order valence-electron chi connectivity index (χ4n) is 1.90. The predicted molar refractivity (Wildman–Crippen MR) is 68.7 cm³/mol. The lowest BCUT2D eigenvalue weighted by molar-refractivity contribution is -0.192. The lowest BCUT2D eigenvalue weighted by Gasteiger charge is -2.15. The first-order chi connectivity index (χ1) is 9.68. The van der Waals surface area contributed by atoms with E-state index in [1.807, 2.05) is 18.2 Å². The third kappa shape index (κ3) is 4.26. The summed E-state index contributed by atoms with van der Waals surface area (Å²) in [5.41, 5.74) is 5.26. The lowest BCUT2D eigenvalue weighted by Crippen LogP contribution is -2.31. The minimum atomic E-state index is -5.08. The number of hydrogen-bond donors (Lipinski definition) is 2. The van der Waals surface area contributed by atoms with Gasteiger partial charge in [-0.2, -0.15) is 18.4 Å². The van der Waals surface area contributed by atoms with Crippen LogP contribution in [0, 0.1) is 23.2 Å². The van der Waals surface area contributed by atoms with Gasteiger partial charge in [0.05, 0.1) is 12.0 Å². The standard InChI is InChI=1S/C10H10N2OS.C2HF3O2/c11-5-7-6-3-1-2-4-8(6)14-9(7)10(12)13;3-2(4,5)1(6)7/h1-2,4,6-7,9H,3H2,(H2,12,13);(H,6,7). The fourth-order valence-corrected chi connectivity index (χ4v) is 3.28. The van der Waals surface area contributed by atoms with Gasteiger partial charge in [0, 0.05) is 5.92 Å². The molecule has 5 nitrogen and oxygen atoms in total. The number of nitrogens with two attached hydrogens (primary N) is 1. The SMILES string of the molecule is N#CC1C2CC=CC=C2SC1C(N)=O.O=C(O)C(F)(F)F. The van der Waals surface area contributed by atoms with Crippen molar-refractivity contribution in [2.75, 3.05) is 0 Å².